The monoisotopic (exact) mass is 278 g/mol. The molecular formula is C16H30N4. The van der Waals surface area contributed by atoms with Crippen molar-refractivity contribution in [2.24, 2.45) is 5.92 Å². The fourth-order valence-corrected chi connectivity index (χ4v) is 2.97. The molecule has 1 aliphatic heterocycles. The summed E-state index contributed by atoms with van der Waals surface area (Å²) in [4.78, 5) is 7.31. The lowest BCUT2D eigenvalue weighted by Gasteiger charge is -2.33. The lowest BCUT2D eigenvalue weighted by Crippen LogP contribution is -2.38. The lowest BCUT2D eigenvalue weighted by molar-refractivity contribution is 0.382. The van der Waals surface area contributed by atoms with Crippen LogP contribution in [0.15, 0.2) is 6.20 Å². The molecule has 0 spiro atoms. The summed E-state index contributed by atoms with van der Waals surface area (Å²) in [5.41, 5.74) is 1.23. The molecule has 0 saturated carbocycles. The van der Waals surface area contributed by atoms with Crippen LogP contribution in [0.1, 0.15) is 45.7 Å². The van der Waals surface area contributed by atoms with Gasteiger partial charge in [0.1, 0.15) is 0 Å². The number of hydrogen-bond donors (Lipinski definition) is 1. The zero-order valence-electron chi connectivity index (χ0n) is 13.4. The molecule has 20 heavy (non-hydrogen) atoms. The van der Waals surface area contributed by atoms with Crippen molar-refractivity contribution in [1.82, 2.24) is 14.9 Å². The number of anilines is 1. The predicted octanol–water partition coefficient (Wildman–Crippen LogP) is 2.68. The van der Waals surface area contributed by atoms with Gasteiger partial charge in [-0.15, -0.1) is 0 Å². The third kappa shape index (κ3) is 3.75. The third-order valence-corrected chi connectivity index (χ3v) is 4.21. The zero-order valence-corrected chi connectivity index (χ0v) is 13.4. The van der Waals surface area contributed by atoms with Crippen molar-refractivity contribution in [2.75, 3.05) is 31.1 Å². The Hall–Kier alpha value is -1.03. The average molecular weight is 278 g/mol. The summed E-state index contributed by atoms with van der Waals surface area (Å²) >= 11 is 0. The molecule has 0 aromatic carbocycles. The van der Waals surface area contributed by atoms with E-state index in [-0.39, 0.29) is 0 Å². The number of aryl methyl sites for hydroxylation is 2. The second-order valence-electron chi connectivity index (χ2n) is 5.82. The average Bonchev–Trinajstić information content (AvgIpc) is 2.89. The van der Waals surface area contributed by atoms with E-state index >= 15 is 0 Å². The van der Waals surface area contributed by atoms with Crippen LogP contribution < -0.4 is 10.2 Å². The van der Waals surface area contributed by atoms with Crippen LogP contribution in [-0.2, 0) is 13.0 Å². The van der Waals surface area contributed by atoms with Crippen LogP contribution in [0.3, 0.4) is 0 Å². The van der Waals surface area contributed by atoms with Crippen LogP contribution in [0, 0.1) is 5.92 Å². The quantitative estimate of drug-likeness (QED) is 0.832. The summed E-state index contributed by atoms with van der Waals surface area (Å²) in [5.74, 6) is 2.04. The Morgan fingerprint density at radius 1 is 1.25 bits per heavy atom. The maximum Gasteiger partial charge on any atom is 0.205 e. The van der Waals surface area contributed by atoms with Gasteiger partial charge >= 0.3 is 0 Å². The van der Waals surface area contributed by atoms with Gasteiger partial charge in [-0.25, -0.2) is 4.98 Å². The van der Waals surface area contributed by atoms with Gasteiger partial charge in [-0.05, 0) is 44.7 Å². The first-order valence-corrected chi connectivity index (χ1v) is 8.30. The molecule has 0 atom stereocenters. The molecule has 0 unspecified atom stereocenters. The van der Waals surface area contributed by atoms with E-state index in [1.54, 1.807) is 0 Å². The highest BCUT2D eigenvalue weighted by molar-refractivity contribution is 5.34. The van der Waals surface area contributed by atoms with Gasteiger partial charge in [0.05, 0.1) is 5.69 Å². The Bertz CT molecular complexity index is 391. The minimum atomic E-state index is 0.839. The second-order valence-corrected chi connectivity index (χ2v) is 5.82. The highest BCUT2D eigenvalue weighted by Gasteiger charge is 2.22. The van der Waals surface area contributed by atoms with Gasteiger partial charge in [-0.1, -0.05) is 20.8 Å². The normalized spacial score (nSPS) is 16.9. The minimum absolute atomic E-state index is 0.839. The van der Waals surface area contributed by atoms with Crippen LogP contribution in [0.4, 0.5) is 5.95 Å². The van der Waals surface area contributed by atoms with Crippen molar-refractivity contribution in [3.63, 3.8) is 0 Å². The Labute approximate surface area is 123 Å². The van der Waals surface area contributed by atoms with Gasteiger partial charge < -0.3 is 14.8 Å². The van der Waals surface area contributed by atoms with Crippen molar-refractivity contribution in [3.05, 3.63) is 11.9 Å². The van der Waals surface area contributed by atoms with E-state index in [4.69, 9.17) is 4.98 Å². The number of rotatable bonds is 7. The van der Waals surface area contributed by atoms with Crippen LogP contribution in [0.2, 0.25) is 0 Å². The number of hydrogen-bond acceptors (Lipinski definition) is 3. The summed E-state index contributed by atoms with van der Waals surface area (Å²) in [6.45, 7) is 12.3. The lowest BCUT2D eigenvalue weighted by atomic mass is 9.97. The number of piperidine rings is 1. The molecule has 4 nitrogen and oxygen atoms in total. The van der Waals surface area contributed by atoms with E-state index < -0.39 is 0 Å². The van der Waals surface area contributed by atoms with Crippen LogP contribution in [0.5, 0.6) is 0 Å². The summed E-state index contributed by atoms with van der Waals surface area (Å²) in [5, 5.41) is 3.48. The molecule has 1 aliphatic rings. The van der Waals surface area contributed by atoms with Crippen molar-refractivity contribution < 1.29 is 0 Å². The second kappa shape index (κ2) is 7.67. The van der Waals surface area contributed by atoms with E-state index in [2.05, 4.69) is 41.8 Å². The highest BCUT2D eigenvalue weighted by Crippen LogP contribution is 2.23. The topological polar surface area (TPSA) is 33.1 Å². The molecular weight excluding hydrogens is 248 g/mol. The molecule has 1 aromatic rings. The first-order chi connectivity index (χ1) is 9.78. The number of aromatic nitrogens is 2. The third-order valence-electron chi connectivity index (χ3n) is 4.21. The van der Waals surface area contributed by atoms with Gasteiger partial charge in [-0.2, -0.15) is 0 Å². The Balaban J connectivity index is 1.97. The molecule has 1 N–H and O–H groups in total. The minimum Gasteiger partial charge on any atom is -0.342 e. The Morgan fingerprint density at radius 3 is 2.60 bits per heavy atom. The summed E-state index contributed by atoms with van der Waals surface area (Å²) in [6, 6.07) is 0. The van der Waals surface area contributed by atoms with Crippen molar-refractivity contribution in [3.8, 4) is 0 Å². The van der Waals surface area contributed by atoms with Crippen LogP contribution in [-0.4, -0.2) is 35.7 Å². The number of nitrogens with zero attached hydrogens (tertiary/aromatic N) is 3. The van der Waals surface area contributed by atoms with Crippen molar-refractivity contribution in [1.29, 1.82) is 0 Å². The first kappa shape index (κ1) is 15.4. The van der Waals surface area contributed by atoms with Gasteiger partial charge in [0.25, 0.3) is 0 Å². The van der Waals surface area contributed by atoms with Crippen LogP contribution in [0.25, 0.3) is 0 Å². The smallest absolute Gasteiger partial charge is 0.205 e. The zero-order chi connectivity index (χ0) is 14.4. The maximum atomic E-state index is 4.83. The van der Waals surface area contributed by atoms with E-state index in [1.807, 2.05) is 0 Å². The molecule has 0 aliphatic carbocycles. The summed E-state index contributed by atoms with van der Waals surface area (Å²) in [6.07, 6.45) is 7.01. The maximum absolute atomic E-state index is 4.83. The molecule has 0 radical (unpaired) electrons. The summed E-state index contributed by atoms with van der Waals surface area (Å²) < 4.78 is 2.35. The number of imidazole rings is 1. The fraction of sp³-hybridized carbons (Fsp3) is 0.812. The number of nitrogens with one attached hydrogen (secondary N) is 1. The molecule has 2 heterocycles. The van der Waals surface area contributed by atoms with E-state index in [0.29, 0.717) is 0 Å². The molecule has 4 heteroatoms. The molecule has 1 fully saturated rings. The molecule has 2 rings (SSSR count). The van der Waals surface area contributed by atoms with E-state index in [1.165, 1.54) is 37.4 Å². The molecule has 114 valence electrons. The van der Waals surface area contributed by atoms with Gasteiger partial charge in [0, 0.05) is 25.8 Å². The van der Waals surface area contributed by atoms with Gasteiger partial charge in [0.15, 0.2) is 0 Å². The predicted molar refractivity (Wildman–Crippen MR) is 85.4 cm³/mol. The van der Waals surface area contributed by atoms with Gasteiger partial charge in [0.2, 0.25) is 5.95 Å². The van der Waals surface area contributed by atoms with E-state index in [9.17, 15) is 0 Å². The largest absolute Gasteiger partial charge is 0.342 e. The fourth-order valence-electron chi connectivity index (χ4n) is 2.97. The Morgan fingerprint density at radius 2 is 2.00 bits per heavy atom. The molecule has 1 aromatic heterocycles. The first-order valence-electron chi connectivity index (χ1n) is 8.30. The standard InChI is InChI=1S/C16H30N4/c1-4-9-20-13-15(5-2)18-16(20)19-10-7-14(8-11-19)12-17-6-3/h13-14,17H,4-12H2,1-3H3. The SMILES string of the molecule is CCCn1cc(CC)nc1N1CCC(CNCC)CC1. The molecule has 0 amide bonds. The van der Waals surface area contributed by atoms with E-state index in [0.717, 1.165) is 38.5 Å². The van der Waals surface area contributed by atoms with Crippen LogP contribution >= 0.6 is 0 Å². The highest BCUT2D eigenvalue weighted by atomic mass is 15.3. The summed E-state index contributed by atoms with van der Waals surface area (Å²) in [7, 11) is 0. The molecule has 0 bridgehead atoms. The van der Waals surface area contributed by atoms with Crippen molar-refractivity contribution >= 4 is 5.95 Å². The Kier molecular flexibility index (Phi) is 5.89. The van der Waals surface area contributed by atoms with Gasteiger partial charge in [-0.3, -0.25) is 0 Å². The van der Waals surface area contributed by atoms with Crippen molar-refractivity contribution in [2.45, 2.75) is 53.0 Å². The molecule has 1 saturated heterocycles.